The molecule has 0 fully saturated rings. The predicted molar refractivity (Wildman–Crippen MR) is 72.7 cm³/mol. The number of ether oxygens (including phenoxy) is 1. The Labute approximate surface area is 105 Å². The van der Waals surface area contributed by atoms with Gasteiger partial charge < -0.3 is 4.74 Å². The van der Waals surface area contributed by atoms with Crippen molar-refractivity contribution < 1.29 is 4.74 Å². The average Bonchev–Trinajstić information content (AvgIpc) is 2.31. The van der Waals surface area contributed by atoms with E-state index in [1.807, 2.05) is 0 Å². The monoisotopic (exact) mass is 278 g/mol. The first-order chi connectivity index (χ1) is 7.77. The van der Waals surface area contributed by atoms with Crippen molar-refractivity contribution in [2.24, 2.45) is 0 Å². The van der Waals surface area contributed by atoms with E-state index in [1.54, 1.807) is 7.11 Å². The number of hydrogen-bond acceptors (Lipinski definition) is 1. The van der Waals surface area contributed by atoms with Crippen molar-refractivity contribution >= 4 is 26.7 Å². The van der Waals surface area contributed by atoms with E-state index >= 15 is 0 Å². The summed E-state index contributed by atoms with van der Waals surface area (Å²) in [6, 6.07) is 10.7. The van der Waals surface area contributed by atoms with E-state index in [2.05, 4.69) is 53.2 Å². The Morgan fingerprint density at radius 3 is 2.62 bits per heavy atom. The van der Waals surface area contributed by atoms with Gasteiger partial charge in [-0.05, 0) is 41.3 Å². The molecule has 0 aliphatic carbocycles. The minimum Gasteiger partial charge on any atom is -0.496 e. The molecule has 2 aromatic carbocycles. The van der Waals surface area contributed by atoms with Crippen molar-refractivity contribution in [3.05, 3.63) is 41.5 Å². The molecule has 0 aromatic heterocycles. The van der Waals surface area contributed by atoms with Gasteiger partial charge in [0.1, 0.15) is 5.75 Å². The molecule has 1 nitrogen and oxygen atoms in total. The Morgan fingerprint density at radius 2 is 1.94 bits per heavy atom. The molecule has 2 aromatic rings. The molecule has 0 atom stereocenters. The lowest BCUT2D eigenvalue weighted by Crippen LogP contribution is -1.92. The molecule has 0 N–H and O–H groups in total. The zero-order valence-electron chi connectivity index (χ0n) is 9.59. The number of hydrogen-bond donors (Lipinski definition) is 0. The van der Waals surface area contributed by atoms with Gasteiger partial charge in [-0.1, -0.05) is 40.2 Å². The number of alkyl halides is 1. The largest absolute Gasteiger partial charge is 0.496 e. The molecule has 16 heavy (non-hydrogen) atoms. The Hall–Kier alpha value is -1.02. The van der Waals surface area contributed by atoms with Crippen LogP contribution in [0.15, 0.2) is 30.3 Å². The van der Waals surface area contributed by atoms with Crippen LogP contribution in [-0.2, 0) is 6.42 Å². The molecule has 0 spiro atoms. The molecular weight excluding hydrogens is 264 g/mol. The van der Waals surface area contributed by atoms with Crippen LogP contribution in [0.25, 0.3) is 10.8 Å². The van der Waals surface area contributed by atoms with E-state index in [4.69, 9.17) is 4.74 Å². The van der Waals surface area contributed by atoms with Gasteiger partial charge in [0, 0.05) is 5.33 Å². The fourth-order valence-electron chi connectivity index (χ4n) is 2.09. The van der Waals surface area contributed by atoms with Gasteiger partial charge in [0.05, 0.1) is 7.11 Å². The SMILES string of the molecule is COc1ccc2c(CCBr)cccc2c1C. The van der Waals surface area contributed by atoms with Crippen LogP contribution in [0.1, 0.15) is 11.1 Å². The van der Waals surface area contributed by atoms with E-state index < -0.39 is 0 Å². The highest BCUT2D eigenvalue weighted by molar-refractivity contribution is 9.09. The number of methoxy groups -OCH3 is 1. The smallest absolute Gasteiger partial charge is 0.122 e. The van der Waals surface area contributed by atoms with E-state index in [9.17, 15) is 0 Å². The van der Waals surface area contributed by atoms with Crippen LogP contribution in [0.2, 0.25) is 0 Å². The molecule has 2 rings (SSSR count). The molecule has 0 saturated heterocycles. The summed E-state index contributed by atoms with van der Waals surface area (Å²) in [6.45, 7) is 2.11. The molecule has 0 unspecified atom stereocenters. The first kappa shape index (κ1) is 11.5. The highest BCUT2D eigenvalue weighted by Gasteiger charge is 2.06. The van der Waals surface area contributed by atoms with Gasteiger partial charge in [0.2, 0.25) is 0 Å². The van der Waals surface area contributed by atoms with E-state index in [0.717, 1.165) is 17.5 Å². The number of benzene rings is 2. The van der Waals surface area contributed by atoms with E-state index in [-0.39, 0.29) is 0 Å². The summed E-state index contributed by atoms with van der Waals surface area (Å²) >= 11 is 3.49. The molecule has 0 heterocycles. The van der Waals surface area contributed by atoms with E-state index in [1.165, 1.54) is 21.9 Å². The molecule has 0 saturated carbocycles. The van der Waals surface area contributed by atoms with Gasteiger partial charge >= 0.3 is 0 Å². The fraction of sp³-hybridized carbons (Fsp3) is 0.286. The molecule has 0 aliphatic rings. The zero-order valence-corrected chi connectivity index (χ0v) is 11.2. The third kappa shape index (κ3) is 1.94. The first-order valence-electron chi connectivity index (χ1n) is 5.39. The van der Waals surface area contributed by atoms with Crippen molar-refractivity contribution in [1.82, 2.24) is 0 Å². The number of rotatable bonds is 3. The number of halogens is 1. The lowest BCUT2D eigenvalue weighted by molar-refractivity contribution is 0.412. The van der Waals surface area contributed by atoms with Crippen LogP contribution in [0.3, 0.4) is 0 Å². The average molecular weight is 279 g/mol. The Bertz CT molecular complexity index is 505. The van der Waals surface area contributed by atoms with Crippen LogP contribution in [0.4, 0.5) is 0 Å². The lowest BCUT2D eigenvalue weighted by Gasteiger charge is -2.11. The number of fused-ring (bicyclic) bond motifs is 1. The second kappa shape index (κ2) is 4.88. The normalized spacial score (nSPS) is 10.7. The quantitative estimate of drug-likeness (QED) is 0.769. The van der Waals surface area contributed by atoms with Crippen LogP contribution in [0.5, 0.6) is 5.75 Å². The topological polar surface area (TPSA) is 9.23 Å². The third-order valence-electron chi connectivity index (χ3n) is 2.96. The van der Waals surface area contributed by atoms with Gasteiger partial charge in [0.15, 0.2) is 0 Å². The summed E-state index contributed by atoms with van der Waals surface area (Å²) in [5.41, 5.74) is 2.61. The molecule has 2 heteroatoms. The minimum atomic E-state index is 0.962. The molecular formula is C14H15BrO. The van der Waals surface area contributed by atoms with Gasteiger partial charge in [-0.3, -0.25) is 0 Å². The summed E-state index contributed by atoms with van der Waals surface area (Å²) in [7, 11) is 1.72. The summed E-state index contributed by atoms with van der Waals surface area (Å²) in [5, 5.41) is 3.62. The molecule has 0 aliphatic heterocycles. The van der Waals surface area contributed by atoms with Crippen molar-refractivity contribution in [1.29, 1.82) is 0 Å². The molecule has 84 valence electrons. The Balaban J connectivity index is 2.67. The first-order valence-corrected chi connectivity index (χ1v) is 6.51. The number of aryl methyl sites for hydroxylation is 2. The van der Waals surface area contributed by atoms with Crippen molar-refractivity contribution in [2.75, 3.05) is 12.4 Å². The highest BCUT2D eigenvalue weighted by Crippen LogP contribution is 2.29. The van der Waals surface area contributed by atoms with Crippen LogP contribution >= 0.6 is 15.9 Å². The third-order valence-corrected chi connectivity index (χ3v) is 3.35. The van der Waals surface area contributed by atoms with Gasteiger partial charge in [-0.15, -0.1) is 0 Å². The highest BCUT2D eigenvalue weighted by atomic mass is 79.9. The second-order valence-electron chi connectivity index (χ2n) is 3.84. The van der Waals surface area contributed by atoms with Crippen LogP contribution in [-0.4, -0.2) is 12.4 Å². The second-order valence-corrected chi connectivity index (χ2v) is 4.64. The summed E-state index contributed by atoms with van der Waals surface area (Å²) < 4.78 is 5.34. The Morgan fingerprint density at radius 1 is 1.12 bits per heavy atom. The maximum Gasteiger partial charge on any atom is 0.122 e. The van der Waals surface area contributed by atoms with Crippen molar-refractivity contribution in [2.45, 2.75) is 13.3 Å². The molecule has 0 amide bonds. The van der Waals surface area contributed by atoms with Crippen LogP contribution < -0.4 is 4.74 Å². The summed E-state index contributed by atoms with van der Waals surface area (Å²) in [4.78, 5) is 0. The maximum absolute atomic E-state index is 5.34. The van der Waals surface area contributed by atoms with Gasteiger partial charge in [0.25, 0.3) is 0 Å². The van der Waals surface area contributed by atoms with Crippen molar-refractivity contribution in [3.8, 4) is 5.75 Å². The summed E-state index contributed by atoms with van der Waals surface area (Å²) in [6.07, 6.45) is 1.06. The zero-order chi connectivity index (χ0) is 11.5. The van der Waals surface area contributed by atoms with E-state index in [0.29, 0.717) is 0 Å². The minimum absolute atomic E-state index is 0.962. The fourth-order valence-corrected chi connectivity index (χ4v) is 2.52. The lowest BCUT2D eigenvalue weighted by atomic mass is 9.99. The summed E-state index contributed by atoms with van der Waals surface area (Å²) in [5.74, 6) is 0.962. The van der Waals surface area contributed by atoms with Gasteiger partial charge in [-0.2, -0.15) is 0 Å². The molecule has 0 radical (unpaired) electrons. The van der Waals surface area contributed by atoms with Crippen LogP contribution in [0, 0.1) is 6.92 Å². The maximum atomic E-state index is 5.34. The Kier molecular flexibility index (Phi) is 3.49. The predicted octanol–water partition coefficient (Wildman–Crippen LogP) is 4.09. The molecule has 0 bridgehead atoms. The standard InChI is InChI=1S/C14H15BrO/c1-10-12-5-3-4-11(8-9-15)13(12)6-7-14(10)16-2/h3-7H,8-9H2,1-2H3. The van der Waals surface area contributed by atoms with Crippen molar-refractivity contribution in [3.63, 3.8) is 0 Å². The van der Waals surface area contributed by atoms with Gasteiger partial charge in [-0.25, -0.2) is 0 Å².